The summed E-state index contributed by atoms with van der Waals surface area (Å²) in [7, 11) is 0. The summed E-state index contributed by atoms with van der Waals surface area (Å²) in [5, 5.41) is 7.73. The highest BCUT2D eigenvalue weighted by Gasteiger charge is 2.41. The molecule has 0 saturated heterocycles. The average molecular weight is 753 g/mol. The molecule has 2 amide bonds. The molecule has 4 N–H and O–H groups in total. The summed E-state index contributed by atoms with van der Waals surface area (Å²) in [4.78, 5) is 42.1. The minimum absolute atomic E-state index is 0.151. The lowest BCUT2D eigenvalue weighted by molar-refractivity contribution is -0.131. The number of aromatic nitrogens is 4. The number of hydrogen-bond donors (Lipinski definition) is 4. The lowest BCUT2D eigenvalue weighted by Crippen LogP contribution is -2.42. The van der Waals surface area contributed by atoms with Crippen molar-refractivity contribution in [2.75, 3.05) is 0 Å². The molecule has 2 aliphatic carbocycles. The van der Waals surface area contributed by atoms with Gasteiger partial charge in [0, 0.05) is 48.3 Å². The number of carbonyl (C=O) groups excluding carboxylic acids is 2. The lowest BCUT2D eigenvalue weighted by Gasteiger charge is -2.33. The Hall–Kier alpha value is -4.62. The Kier molecular flexibility index (Phi) is 9.49. The SMILES string of the molecule is CC(C)(C)[C@H](NC(=O)C1CCC(F)(F)CC1)c1ncc(-c2cc3cc4oc(-c5cnc([C@@H](NC(=O)C6CCC(F)(F)CC6)C(C)(C)C)[nH]5)cc4cc3o2)[nH]1. The Bertz CT molecular complexity index is 1950. The van der Waals surface area contributed by atoms with Crippen LogP contribution in [0.2, 0.25) is 0 Å². The number of carbonyl (C=O) groups is 2. The molecule has 54 heavy (non-hydrogen) atoms. The van der Waals surface area contributed by atoms with E-state index in [-0.39, 0.29) is 63.2 Å². The smallest absolute Gasteiger partial charge is 0.248 e. The van der Waals surface area contributed by atoms with E-state index in [1.807, 2.05) is 65.8 Å². The summed E-state index contributed by atoms with van der Waals surface area (Å²) < 4.78 is 67.3. The number of imidazole rings is 2. The average Bonchev–Trinajstić information content (AvgIpc) is 3.89. The van der Waals surface area contributed by atoms with Crippen LogP contribution in [0.3, 0.4) is 0 Å². The van der Waals surface area contributed by atoms with Crippen LogP contribution < -0.4 is 10.6 Å². The maximum Gasteiger partial charge on any atom is 0.248 e. The molecule has 14 heteroatoms. The Balaban J connectivity index is 1.07. The van der Waals surface area contributed by atoms with E-state index in [9.17, 15) is 27.2 Å². The summed E-state index contributed by atoms with van der Waals surface area (Å²) in [5.41, 5.74) is 1.63. The van der Waals surface area contributed by atoms with Crippen molar-refractivity contribution in [2.45, 2.75) is 117 Å². The van der Waals surface area contributed by atoms with Crippen molar-refractivity contribution in [3.05, 3.63) is 48.3 Å². The molecular formula is C40H48F4N6O4. The van der Waals surface area contributed by atoms with Crippen molar-refractivity contribution >= 4 is 33.8 Å². The molecule has 2 atom stereocenters. The van der Waals surface area contributed by atoms with Gasteiger partial charge in [0.2, 0.25) is 23.7 Å². The molecule has 0 bridgehead atoms. The van der Waals surface area contributed by atoms with Crippen LogP contribution in [-0.2, 0) is 9.59 Å². The van der Waals surface area contributed by atoms with Crippen LogP contribution >= 0.6 is 0 Å². The van der Waals surface area contributed by atoms with Crippen molar-refractivity contribution in [1.82, 2.24) is 30.6 Å². The van der Waals surface area contributed by atoms with Crippen molar-refractivity contribution in [1.29, 1.82) is 0 Å². The summed E-state index contributed by atoms with van der Waals surface area (Å²) >= 11 is 0. The summed E-state index contributed by atoms with van der Waals surface area (Å²) in [6, 6.07) is 6.54. The molecule has 0 spiro atoms. The largest absolute Gasteiger partial charge is 0.454 e. The van der Waals surface area contributed by atoms with E-state index < -0.39 is 46.6 Å². The number of hydrogen-bond acceptors (Lipinski definition) is 6. The van der Waals surface area contributed by atoms with Gasteiger partial charge in [0.15, 0.2) is 11.5 Å². The first-order valence-electron chi connectivity index (χ1n) is 18.7. The molecule has 5 aromatic rings. The molecule has 4 heterocycles. The standard InChI is InChI=1S/C40H48F4N6O4/c1-37(2,3)31(49-35(51)21-7-11-39(41,42)12-8-21)33-45-19-25(47-33)29-17-23-15-28-24(16-27(23)53-29)18-30(54-28)26-20-46-34(48-26)32(38(4,5)6)50-36(52)22-9-13-40(43,44)14-10-22/h15-22,31-32H,7-14H2,1-6H3,(H,45,47)(H,46,48)(H,49,51)(H,50,52)/t31-,32-/m1/s1. The highest BCUT2D eigenvalue weighted by atomic mass is 19.3. The van der Waals surface area contributed by atoms with Gasteiger partial charge in [-0.05, 0) is 60.8 Å². The second-order valence-corrected chi connectivity index (χ2v) is 17.4. The number of aromatic amines is 2. The number of amides is 2. The number of benzene rings is 1. The van der Waals surface area contributed by atoms with Crippen LogP contribution in [0.15, 0.2) is 45.5 Å². The van der Waals surface area contributed by atoms with Gasteiger partial charge in [0.05, 0.1) is 24.5 Å². The third kappa shape index (κ3) is 7.93. The Morgan fingerprint density at radius 3 is 1.35 bits per heavy atom. The van der Waals surface area contributed by atoms with Gasteiger partial charge in [0.25, 0.3) is 0 Å². The quantitative estimate of drug-likeness (QED) is 0.116. The highest BCUT2D eigenvalue weighted by Crippen LogP contribution is 2.41. The molecule has 7 rings (SSSR count). The van der Waals surface area contributed by atoms with E-state index in [1.165, 1.54) is 0 Å². The second-order valence-electron chi connectivity index (χ2n) is 17.4. The fraction of sp³-hybridized carbons (Fsp3) is 0.550. The summed E-state index contributed by atoms with van der Waals surface area (Å²) in [5.74, 6) is -4.67. The van der Waals surface area contributed by atoms with Crippen LogP contribution in [0.4, 0.5) is 17.6 Å². The van der Waals surface area contributed by atoms with Gasteiger partial charge in [-0.25, -0.2) is 27.5 Å². The molecule has 290 valence electrons. The third-order valence-corrected chi connectivity index (χ3v) is 10.9. The van der Waals surface area contributed by atoms with Crippen molar-refractivity contribution in [3.8, 4) is 22.9 Å². The van der Waals surface area contributed by atoms with E-state index in [0.717, 1.165) is 10.8 Å². The zero-order chi connectivity index (χ0) is 38.8. The molecule has 4 aromatic heterocycles. The fourth-order valence-electron chi connectivity index (χ4n) is 7.57. The number of halogens is 4. The summed E-state index contributed by atoms with van der Waals surface area (Å²) in [6.07, 6.45) is 2.77. The molecule has 0 aliphatic heterocycles. The van der Waals surface area contributed by atoms with Crippen molar-refractivity contribution < 1.29 is 36.0 Å². The molecule has 2 fully saturated rings. The first-order chi connectivity index (χ1) is 25.2. The Labute approximate surface area is 310 Å². The number of rotatable bonds is 8. The number of fused-ring (bicyclic) bond motifs is 2. The van der Waals surface area contributed by atoms with Crippen molar-refractivity contribution in [3.63, 3.8) is 0 Å². The minimum Gasteiger partial charge on any atom is -0.454 e. The van der Waals surface area contributed by atoms with E-state index in [4.69, 9.17) is 8.83 Å². The van der Waals surface area contributed by atoms with Crippen LogP contribution in [0, 0.1) is 22.7 Å². The van der Waals surface area contributed by atoms with Gasteiger partial charge in [-0.3, -0.25) is 9.59 Å². The van der Waals surface area contributed by atoms with Crippen LogP contribution in [0.25, 0.3) is 44.8 Å². The molecule has 2 saturated carbocycles. The number of nitrogens with one attached hydrogen (secondary N) is 4. The van der Waals surface area contributed by atoms with Gasteiger partial charge >= 0.3 is 0 Å². The molecule has 2 aliphatic rings. The Morgan fingerprint density at radius 1 is 0.667 bits per heavy atom. The van der Waals surface area contributed by atoms with Crippen LogP contribution in [0.1, 0.15) is 117 Å². The maximum absolute atomic E-state index is 13.7. The lowest BCUT2D eigenvalue weighted by atomic mass is 9.83. The second kappa shape index (κ2) is 13.6. The normalized spacial score (nSPS) is 19.6. The van der Waals surface area contributed by atoms with E-state index in [0.29, 0.717) is 45.7 Å². The van der Waals surface area contributed by atoms with Gasteiger partial charge in [0.1, 0.15) is 34.2 Å². The van der Waals surface area contributed by atoms with E-state index in [2.05, 4.69) is 30.6 Å². The predicted octanol–water partition coefficient (Wildman–Crippen LogP) is 10.0. The molecule has 0 radical (unpaired) electrons. The highest BCUT2D eigenvalue weighted by molar-refractivity contribution is 5.96. The zero-order valence-electron chi connectivity index (χ0n) is 31.5. The van der Waals surface area contributed by atoms with Crippen LogP contribution in [0.5, 0.6) is 0 Å². The van der Waals surface area contributed by atoms with E-state index in [1.54, 1.807) is 12.4 Å². The first kappa shape index (κ1) is 37.7. The van der Waals surface area contributed by atoms with Gasteiger partial charge in [-0.15, -0.1) is 0 Å². The number of H-pyrrole nitrogens is 2. The number of nitrogens with zero attached hydrogens (tertiary/aromatic N) is 2. The monoisotopic (exact) mass is 752 g/mol. The zero-order valence-corrected chi connectivity index (χ0v) is 31.5. The predicted molar refractivity (Wildman–Crippen MR) is 196 cm³/mol. The first-order valence-corrected chi connectivity index (χ1v) is 18.7. The number of alkyl halides is 4. The number of furan rings is 2. The molecule has 10 nitrogen and oxygen atoms in total. The minimum atomic E-state index is -2.71. The molecule has 0 unspecified atom stereocenters. The fourth-order valence-corrected chi connectivity index (χ4v) is 7.57. The Morgan fingerprint density at radius 2 is 1.02 bits per heavy atom. The van der Waals surface area contributed by atoms with E-state index >= 15 is 0 Å². The van der Waals surface area contributed by atoms with Gasteiger partial charge in [-0.1, -0.05) is 41.5 Å². The maximum atomic E-state index is 13.7. The van der Waals surface area contributed by atoms with Crippen molar-refractivity contribution in [2.24, 2.45) is 22.7 Å². The molecule has 1 aromatic carbocycles. The third-order valence-electron chi connectivity index (χ3n) is 10.9. The van der Waals surface area contributed by atoms with Crippen LogP contribution in [-0.4, -0.2) is 43.6 Å². The summed E-state index contributed by atoms with van der Waals surface area (Å²) in [6.45, 7) is 11.9. The molecular weight excluding hydrogens is 704 g/mol. The van der Waals surface area contributed by atoms with Gasteiger partial charge in [-0.2, -0.15) is 0 Å². The van der Waals surface area contributed by atoms with Gasteiger partial charge < -0.3 is 29.4 Å². The topological polar surface area (TPSA) is 142 Å².